The summed E-state index contributed by atoms with van der Waals surface area (Å²) < 4.78 is 0. The molecule has 5 nitrogen and oxygen atoms in total. The summed E-state index contributed by atoms with van der Waals surface area (Å²) in [4.78, 5) is 28.1. The number of aryl methyl sites for hydroxylation is 1. The molecule has 1 fully saturated rings. The van der Waals surface area contributed by atoms with Crippen LogP contribution in [0.25, 0.3) is 0 Å². The van der Waals surface area contributed by atoms with Crippen molar-refractivity contribution in [3.63, 3.8) is 0 Å². The smallest absolute Gasteiger partial charge is 0.239 e. The Morgan fingerprint density at radius 1 is 1.56 bits per heavy atom. The molecule has 2 heterocycles. The summed E-state index contributed by atoms with van der Waals surface area (Å²) in [5.41, 5.74) is 0.598. The highest BCUT2D eigenvalue weighted by Crippen LogP contribution is 2.28. The van der Waals surface area contributed by atoms with Crippen LogP contribution in [0.15, 0.2) is 18.5 Å². The molecule has 1 aliphatic heterocycles. The number of hydrogen-bond acceptors (Lipinski definition) is 3. The molecule has 0 radical (unpaired) electrons. The molecular weight excluding hydrogens is 230 g/mol. The summed E-state index contributed by atoms with van der Waals surface area (Å²) in [7, 11) is 0. The number of carbonyl (C=O) groups excluding carboxylic acids is 2. The second kappa shape index (κ2) is 4.76. The van der Waals surface area contributed by atoms with E-state index in [4.69, 9.17) is 0 Å². The van der Waals surface area contributed by atoms with Crippen LogP contribution in [0.2, 0.25) is 0 Å². The number of rotatable bonds is 2. The van der Waals surface area contributed by atoms with E-state index in [-0.39, 0.29) is 11.8 Å². The first-order valence-corrected chi connectivity index (χ1v) is 6.04. The molecule has 1 saturated heterocycles. The number of amides is 2. The Morgan fingerprint density at radius 3 is 3.00 bits per heavy atom. The number of piperidine rings is 1. The molecule has 0 spiro atoms. The van der Waals surface area contributed by atoms with Gasteiger partial charge in [0, 0.05) is 12.7 Å². The van der Waals surface area contributed by atoms with Crippen LogP contribution in [0.5, 0.6) is 0 Å². The average molecular weight is 247 g/mol. The topological polar surface area (TPSA) is 71.1 Å². The third-order valence-electron chi connectivity index (χ3n) is 3.43. The van der Waals surface area contributed by atoms with Gasteiger partial charge in [0.05, 0.1) is 11.9 Å². The monoisotopic (exact) mass is 247 g/mol. The third-order valence-corrected chi connectivity index (χ3v) is 3.43. The van der Waals surface area contributed by atoms with Gasteiger partial charge in [-0.2, -0.15) is 0 Å². The lowest BCUT2D eigenvalue weighted by Gasteiger charge is -2.31. The molecule has 1 aromatic heterocycles. The highest BCUT2D eigenvalue weighted by atomic mass is 16.2. The number of pyridine rings is 1. The molecule has 0 aliphatic carbocycles. The Morgan fingerprint density at radius 2 is 2.33 bits per heavy atom. The van der Waals surface area contributed by atoms with Gasteiger partial charge in [0.25, 0.3) is 0 Å². The van der Waals surface area contributed by atoms with Gasteiger partial charge in [-0.05, 0) is 38.3 Å². The van der Waals surface area contributed by atoms with E-state index in [1.54, 1.807) is 19.3 Å². The maximum atomic E-state index is 12.3. The van der Waals surface area contributed by atoms with Crippen molar-refractivity contribution in [3.05, 3.63) is 24.0 Å². The summed E-state index contributed by atoms with van der Waals surface area (Å²) in [6.45, 7) is 4.22. The van der Waals surface area contributed by atoms with E-state index in [0.29, 0.717) is 18.7 Å². The molecule has 96 valence electrons. The average Bonchev–Trinajstić information content (AvgIpc) is 2.36. The van der Waals surface area contributed by atoms with Crippen molar-refractivity contribution in [2.24, 2.45) is 5.41 Å². The zero-order valence-corrected chi connectivity index (χ0v) is 10.6. The van der Waals surface area contributed by atoms with E-state index in [0.717, 1.165) is 12.0 Å². The predicted molar refractivity (Wildman–Crippen MR) is 68.0 cm³/mol. The van der Waals surface area contributed by atoms with Gasteiger partial charge < -0.3 is 10.6 Å². The minimum Gasteiger partial charge on any atom is -0.355 e. The number of anilines is 1. The van der Waals surface area contributed by atoms with Crippen LogP contribution in [0, 0.1) is 12.3 Å². The summed E-state index contributed by atoms with van der Waals surface area (Å²) >= 11 is 0. The van der Waals surface area contributed by atoms with E-state index in [9.17, 15) is 9.59 Å². The Balaban J connectivity index is 2.17. The van der Waals surface area contributed by atoms with Crippen LogP contribution in [0.1, 0.15) is 25.3 Å². The molecule has 1 unspecified atom stereocenters. The molecular formula is C13H17N3O2. The molecule has 1 atom stereocenters. The maximum Gasteiger partial charge on any atom is 0.239 e. The second-order valence-electron chi connectivity index (χ2n) is 4.84. The van der Waals surface area contributed by atoms with Crippen molar-refractivity contribution < 1.29 is 9.59 Å². The minimum absolute atomic E-state index is 0.201. The molecule has 2 N–H and O–H groups in total. The van der Waals surface area contributed by atoms with E-state index in [1.807, 2.05) is 13.0 Å². The summed E-state index contributed by atoms with van der Waals surface area (Å²) in [6, 6.07) is 1.82. The lowest BCUT2D eigenvalue weighted by molar-refractivity contribution is -0.141. The number of carbonyl (C=O) groups is 2. The maximum absolute atomic E-state index is 12.3. The van der Waals surface area contributed by atoms with Crippen molar-refractivity contribution in [3.8, 4) is 0 Å². The predicted octanol–water partition coefficient (Wildman–Crippen LogP) is 1.24. The van der Waals surface area contributed by atoms with Crippen LogP contribution in [0.3, 0.4) is 0 Å². The quantitative estimate of drug-likeness (QED) is 0.772. The molecule has 1 aromatic rings. The SMILES string of the molecule is Cc1ccncc1NC(=O)C1(C)CCCNC1=O. The van der Waals surface area contributed by atoms with Crippen LogP contribution < -0.4 is 10.6 Å². The fourth-order valence-corrected chi connectivity index (χ4v) is 2.02. The van der Waals surface area contributed by atoms with E-state index in [2.05, 4.69) is 15.6 Å². The number of nitrogens with zero attached hydrogens (tertiary/aromatic N) is 1. The first-order valence-electron chi connectivity index (χ1n) is 6.04. The van der Waals surface area contributed by atoms with Crippen LogP contribution in [-0.2, 0) is 9.59 Å². The van der Waals surface area contributed by atoms with E-state index in [1.165, 1.54) is 0 Å². The molecule has 2 rings (SSSR count). The fraction of sp³-hybridized carbons (Fsp3) is 0.462. The number of hydrogen-bond donors (Lipinski definition) is 2. The lowest BCUT2D eigenvalue weighted by atomic mass is 9.81. The van der Waals surface area contributed by atoms with Gasteiger partial charge >= 0.3 is 0 Å². The van der Waals surface area contributed by atoms with Gasteiger partial charge in [-0.1, -0.05) is 0 Å². The van der Waals surface area contributed by atoms with Crippen molar-refractivity contribution in [2.45, 2.75) is 26.7 Å². The number of nitrogens with one attached hydrogen (secondary N) is 2. The van der Waals surface area contributed by atoms with E-state index >= 15 is 0 Å². The molecule has 2 amide bonds. The van der Waals surface area contributed by atoms with Gasteiger partial charge in [-0.25, -0.2) is 0 Å². The van der Waals surface area contributed by atoms with Crippen LogP contribution in [0.4, 0.5) is 5.69 Å². The summed E-state index contributed by atoms with van der Waals surface area (Å²) in [5.74, 6) is -0.469. The standard InChI is InChI=1S/C13H17N3O2/c1-9-4-7-14-8-10(9)16-12(18)13(2)5-3-6-15-11(13)17/h4,7-8H,3,5-6H2,1-2H3,(H,15,17)(H,16,18). The second-order valence-corrected chi connectivity index (χ2v) is 4.84. The van der Waals surface area contributed by atoms with Gasteiger partial charge in [0.15, 0.2) is 0 Å². The Labute approximate surface area is 106 Å². The zero-order valence-electron chi connectivity index (χ0n) is 10.6. The molecule has 18 heavy (non-hydrogen) atoms. The highest BCUT2D eigenvalue weighted by molar-refractivity contribution is 6.10. The molecule has 0 saturated carbocycles. The van der Waals surface area contributed by atoms with Crippen LogP contribution in [-0.4, -0.2) is 23.3 Å². The van der Waals surface area contributed by atoms with Gasteiger partial charge in [-0.15, -0.1) is 0 Å². The van der Waals surface area contributed by atoms with Crippen molar-refractivity contribution >= 4 is 17.5 Å². The molecule has 5 heteroatoms. The molecule has 0 bridgehead atoms. The molecule has 1 aliphatic rings. The summed E-state index contributed by atoms with van der Waals surface area (Å²) in [5, 5.41) is 5.53. The normalized spacial score (nSPS) is 23.3. The Kier molecular flexibility index (Phi) is 3.32. The highest BCUT2D eigenvalue weighted by Gasteiger charge is 2.42. The lowest BCUT2D eigenvalue weighted by Crippen LogP contribution is -2.50. The van der Waals surface area contributed by atoms with Gasteiger partial charge in [0.2, 0.25) is 11.8 Å². The Bertz CT molecular complexity index is 487. The fourth-order valence-electron chi connectivity index (χ4n) is 2.02. The summed E-state index contributed by atoms with van der Waals surface area (Å²) in [6.07, 6.45) is 4.66. The molecule has 0 aromatic carbocycles. The Hall–Kier alpha value is -1.91. The van der Waals surface area contributed by atoms with E-state index < -0.39 is 5.41 Å². The van der Waals surface area contributed by atoms with Gasteiger partial charge in [-0.3, -0.25) is 14.6 Å². The largest absolute Gasteiger partial charge is 0.355 e. The number of aromatic nitrogens is 1. The zero-order chi connectivity index (χ0) is 13.2. The first kappa shape index (κ1) is 12.5. The van der Waals surface area contributed by atoms with Crippen LogP contribution >= 0.6 is 0 Å². The van der Waals surface area contributed by atoms with Crippen molar-refractivity contribution in [2.75, 3.05) is 11.9 Å². The van der Waals surface area contributed by atoms with Crippen molar-refractivity contribution in [1.29, 1.82) is 0 Å². The van der Waals surface area contributed by atoms with Crippen molar-refractivity contribution in [1.82, 2.24) is 10.3 Å². The third kappa shape index (κ3) is 2.20. The minimum atomic E-state index is -0.986. The first-order chi connectivity index (χ1) is 8.54. The van der Waals surface area contributed by atoms with Gasteiger partial charge in [0.1, 0.15) is 5.41 Å².